The van der Waals surface area contributed by atoms with Crippen molar-refractivity contribution in [3.63, 3.8) is 0 Å². The summed E-state index contributed by atoms with van der Waals surface area (Å²) in [5, 5.41) is 0. The van der Waals surface area contributed by atoms with Gasteiger partial charge in [-0.1, -0.05) is 24.3 Å². The van der Waals surface area contributed by atoms with Gasteiger partial charge in [0.2, 0.25) is 11.8 Å². The summed E-state index contributed by atoms with van der Waals surface area (Å²) < 4.78 is 5.85. The Morgan fingerprint density at radius 1 is 1.36 bits per heavy atom. The number of likely N-dealkylation sites (N-methyl/N-ethyl adjacent to an activating group) is 1. The van der Waals surface area contributed by atoms with Crippen molar-refractivity contribution in [1.82, 2.24) is 15.8 Å². The molecule has 1 fully saturated rings. The average molecular weight is 303 g/mol. The van der Waals surface area contributed by atoms with E-state index in [-0.39, 0.29) is 24.0 Å². The summed E-state index contributed by atoms with van der Waals surface area (Å²) in [6.45, 7) is 1.15. The molecule has 0 aromatic heterocycles. The Balaban J connectivity index is 1.55. The summed E-state index contributed by atoms with van der Waals surface area (Å²) in [7, 11) is 1.78. The van der Waals surface area contributed by atoms with Gasteiger partial charge in [0.25, 0.3) is 0 Å². The SMILES string of the molecule is CN(CC1Cc2ccccc2CO1)C(=O)C1CCC(=O)NN1. The predicted molar refractivity (Wildman–Crippen MR) is 80.7 cm³/mol. The molecule has 2 aliphatic heterocycles. The van der Waals surface area contributed by atoms with Crippen LogP contribution in [0.25, 0.3) is 0 Å². The van der Waals surface area contributed by atoms with Crippen molar-refractivity contribution in [3.8, 4) is 0 Å². The van der Waals surface area contributed by atoms with Crippen molar-refractivity contribution in [3.05, 3.63) is 35.4 Å². The van der Waals surface area contributed by atoms with E-state index >= 15 is 0 Å². The Bertz CT molecular complexity index is 566. The smallest absolute Gasteiger partial charge is 0.241 e. The summed E-state index contributed by atoms with van der Waals surface area (Å²) in [6.07, 6.45) is 1.75. The zero-order valence-electron chi connectivity index (χ0n) is 12.7. The zero-order chi connectivity index (χ0) is 15.5. The van der Waals surface area contributed by atoms with Crippen LogP contribution in [-0.2, 0) is 27.4 Å². The first-order valence-electron chi connectivity index (χ1n) is 7.61. The van der Waals surface area contributed by atoms with E-state index in [1.165, 1.54) is 11.1 Å². The second-order valence-electron chi connectivity index (χ2n) is 5.91. The summed E-state index contributed by atoms with van der Waals surface area (Å²) in [5.41, 5.74) is 7.81. The number of ether oxygens (including phenoxy) is 1. The lowest BCUT2D eigenvalue weighted by atomic mass is 9.99. The van der Waals surface area contributed by atoms with Crippen LogP contribution < -0.4 is 10.9 Å². The van der Waals surface area contributed by atoms with E-state index in [4.69, 9.17) is 4.74 Å². The van der Waals surface area contributed by atoms with Crippen molar-refractivity contribution < 1.29 is 14.3 Å². The standard InChI is InChI=1S/C16H21N3O3/c1-19(16(21)14-6-7-15(20)18-17-14)9-13-8-11-4-2-3-5-12(11)10-22-13/h2-5,13-14,17H,6-10H2,1H3,(H,18,20). The number of hydrogen-bond acceptors (Lipinski definition) is 4. The first kappa shape index (κ1) is 15.0. The Morgan fingerprint density at radius 3 is 2.86 bits per heavy atom. The Morgan fingerprint density at radius 2 is 2.14 bits per heavy atom. The monoisotopic (exact) mass is 303 g/mol. The van der Waals surface area contributed by atoms with Crippen LogP contribution in [0.2, 0.25) is 0 Å². The lowest BCUT2D eigenvalue weighted by Crippen LogP contribution is -2.56. The second kappa shape index (κ2) is 6.46. The third kappa shape index (κ3) is 3.28. The van der Waals surface area contributed by atoms with Crippen LogP contribution in [-0.4, -0.2) is 42.5 Å². The van der Waals surface area contributed by atoms with Gasteiger partial charge < -0.3 is 9.64 Å². The number of rotatable bonds is 3. The molecule has 2 heterocycles. The fraction of sp³-hybridized carbons (Fsp3) is 0.500. The topological polar surface area (TPSA) is 70.7 Å². The highest BCUT2D eigenvalue weighted by Crippen LogP contribution is 2.21. The fourth-order valence-corrected chi connectivity index (χ4v) is 2.95. The molecule has 2 unspecified atom stereocenters. The first-order valence-corrected chi connectivity index (χ1v) is 7.61. The van der Waals surface area contributed by atoms with E-state index in [9.17, 15) is 9.59 Å². The number of hydrogen-bond donors (Lipinski definition) is 2. The van der Waals surface area contributed by atoms with Gasteiger partial charge in [0, 0.05) is 26.4 Å². The van der Waals surface area contributed by atoms with Crippen molar-refractivity contribution in [2.24, 2.45) is 0 Å². The third-order valence-corrected chi connectivity index (χ3v) is 4.24. The molecule has 2 amide bonds. The summed E-state index contributed by atoms with van der Waals surface area (Å²) in [6, 6.07) is 7.89. The number of benzene rings is 1. The van der Waals surface area contributed by atoms with Crippen LogP contribution in [0, 0.1) is 0 Å². The quantitative estimate of drug-likeness (QED) is 0.846. The van der Waals surface area contributed by atoms with Gasteiger partial charge in [-0.25, -0.2) is 5.43 Å². The van der Waals surface area contributed by atoms with E-state index in [0.29, 0.717) is 26.0 Å². The van der Waals surface area contributed by atoms with E-state index in [0.717, 1.165) is 6.42 Å². The molecule has 3 rings (SSSR count). The van der Waals surface area contributed by atoms with Crippen LogP contribution >= 0.6 is 0 Å². The van der Waals surface area contributed by atoms with Crippen molar-refractivity contribution in [2.45, 2.75) is 38.0 Å². The molecule has 0 spiro atoms. The molecular formula is C16H21N3O3. The van der Waals surface area contributed by atoms with Crippen LogP contribution in [0.15, 0.2) is 24.3 Å². The Hall–Kier alpha value is -1.92. The molecule has 6 nitrogen and oxygen atoms in total. The highest BCUT2D eigenvalue weighted by molar-refractivity contribution is 5.85. The van der Waals surface area contributed by atoms with Crippen molar-refractivity contribution in [1.29, 1.82) is 0 Å². The maximum Gasteiger partial charge on any atom is 0.241 e. The summed E-state index contributed by atoms with van der Waals surface area (Å²) >= 11 is 0. The summed E-state index contributed by atoms with van der Waals surface area (Å²) in [4.78, 5) is 25.2. The lowest BCUT2D eigenvalue weighted by molar-refractivity contribution is -0.137. The third-order valence-electron chi connectivity index (χ3n) is 4.24. The molecule has 1 aromatic rings. The van der Waals surface area contributed by atoms with E-state index in [1.54, 1.807) is 11.9 Å². The molecule has 2 atom stereocenters. The van der Waals surface area contributed by atoms with Crippen molar-refractivity contribution >= 4 is 11.8 Å². The molecular weight excluding hydrogens is 282 g/mol. The van der Waals surface area contributed by atoms with Crippen LogP contribution in [0.1, 0.15) is 24.0 Å². The number of fused-ring (bicyclic) bond motifs is 1. The number of hydrazine groups is 1. The number of nitrogens with zero attached hydrogens (tertiary/aromatic N) is 1. The lowest BCUT2D eigenvalue weighted by Gasteiger charge is -2.32. The van der Waals surface area contributed by atoms with Crippen molar-refractivity contribution in [2.75, 3.05) is 13.6 Å². The van der Waals surface area contributed by atoms with Gasteiger partial charge in [0.05, 0.1) is 12.7 Å². The van der Waals surface area contributed by atoms with Gasteiger partial charge in [-0.2, -0.15) is 0 Å². The van der Waals surface area contributed by atoms with Crippen LogP contribution in [0.4, 0.5) is 0 Å². The van der Waals surface area contributed by atoms with Gasteiger partial charge in [-0.3, -0.25) is 15.0 Å². The molecule has 0 saturated carbocycles. The number of nitrogens with one attached hydrogen (secondary N) is 2. The highest BCUT2D eigenvalue weighted by Gasteiger charge is 2.28. The van der Waals surface area contributed by atoms with Gasteiger partial charge in [0.15, 0.2) is 0 Å². The van der Waals surface area contributed by atoms with Gasteiger partial charge >= 0.3 is 0 Å². The molecule has 6 heteroatoms. The van der Waals surface area contributed by atoms with Gasteiger partial charge in [0.1, 0.15) is 6.04 Å². The average Bonchev–Trinajstić information content (AvgIpc) is 2.55. The molecule has 2 N–H and O–H groups in total. The first-order chi connectivity index (χ1) is 10.6. The normalized spacial score (nSPS) is 24.3. The number of carbonyl (C=O) groups excluding carboxylic acids is 2. The van der Waals surface area contributed by atoms with E-state index in [2.05, 4.69) is 23.0 Å². The molecule has 2 aliphatic rings. The van der Waals surface area contributed by atoms with Gasteiger partial charge in [-0.15, -0.1) is 0 Å². The van der Waals surface area contributed by atoms with E-state index in [1.807, 2.05) is 12.1 Å². The zero-order valence-corrected chi connectivity index (χ0v) is 12.7. The molecule has 0 radical (unpaired) electrons. The van der Waals surface area contributed by atoms with Gasteiger partial charge in [-0.05, 0) is 17.5 Å². The number of carbonyl (C=O) groups is 2. The fourth-order valence-electron chi connectivity index (χ4n) is 2.95. The molecule has 118 valence electrons. The molecule has 22 heavy (non-hydrogen) atoms. The highest BCUT2D eigenvalue weighted by atomic mass is 16.5. The minimum atomic E-state index is -0.349. The van der Waals surface area contributed by atoms with Crippen LogP contribution in [0.3, 0.4) is 0 Å². The minimum absolute atomic E-state index is 0.0116. The summed E-state index contributed by atoms with van der Waals surface area (Å²) in [5.74, 6) is -0.0821. The Kier molecular flexibility index (Phi) is 4.40. The van der Waals surface area contributed by atoms with Crippen LogP contribution in [0.5, 0.6) is 0 Å². The predicted octanol–water partition coefficient (Wildman–Crippen LogP) is 0.370. The molecule has 1 aromatic carbocycles. The van der Waals surface area contributed by atoms with E-state index < -0.39 is 0 Å². The maximum atomic E-state index is 12.4. The molecule has 0 aliphatic carbocycles. The maximum absolute atomic E-state index is 12.4. The Labute approximate surface area is 129 Å². The molecule has 1 saturated heterocycles. The molecule has 0 bridgehead atoms. The largest absolute Gasteiger partial charge is 0.371 e. The second-order valence-corrected chi connectivity index (χ2v) is 5.91. The minimum Gasteiger partial charge on any atom is -0.371 e. The number of amides is 2.